The number of halogens is 3. The van der Waals surface area contributed by atoms with Crippen LogP contribution in [-0.2, 0) is 19.2 Å². The third kappa shape index (κ3) is 5.93. The highest BCUT2D eigenvalue weighted by Gasteiger charge is 2.41. The molecule has 3 aliphatic rings. The molecule has 2 aliphatic heterocycles. The summed E-state index contributed by atoms with van der Waals surface area (Å²) in [6, 6.07) is 2.37. The molecule has 38 heavy (non-hydrogen) atoms. The van der Waals surface area contributed by atoms with E-state index in [1.165, 1.54) is 15.9 Å². The van der Waals surface area contributed by atoms with Gasteiger partial charge in [-0.3, -0.25) is 24.1 Å². The number of hydrogen-bond donors (Lipinski definition) is 0. The third-order valence-corrected chi connectivity index (χ3v) is 6.42. The second kappa shape index (κ2) is 12.8. The van der Waals surface area contributed by atoms with E-state index in [-0.39, 0.29) is 42.1 Å². The van der Waals surface area contributed by atoms with Gasteiger partial charge in [0, 0.05) is 30.3 Å². The Morgan fingerprint density at radius 2 is 1.68 bits per heavy atom. The van der Waals surface area contributed by atoms with Gasteiger partial charge >= 0.3 is 0 Å². The Morgan fingerprint density at radius 1 is 1.11 bits per heavy atom. The quantitative estimate of drug-likeness (QED) is 0.218. The zero-order valence-corrected chi connectivity index (χ0v) is 22.1. The highest BCUT2D eigenvalue weighted by Crippen LogP contribution is 2.41. The molecule has 0 atom stereocenters. The lowest BCUT2D eigenvalue weighted by molar-refractivity contribution is -0.128. The number of fused-ring (bicyclic) bond motifs is 1. The number of benzene rings is 1. The third-order valence-electron chi connectivity index (χ3n) is 6.05. The topological polar surface area (TPSA) is 87.2 Å². The maximum atomic E-state index is 14.7. The van der Waals surface area contributed by atoms with Crippen LogP contribution < -0.4 is 14.5 Å². The molecule has 8 nitrogen and oxygen atoms in total. The van der Waals surface area contributed by atoms with Crippen LogP contribution in [0.25, 0.3) is 0 Å². The van der Waals surface area contributed by atoms with E-state index in [0.717, 1.165) is 23.8 Å². The molecule has 0 aromatic heterocycles. The molecular weight excluding hydrogens is 536 g/mol. The Labute approximate surface area is 230 Å². The fraction of sp³-hybridized carbons (Fsp3) is 0.333. The van der Waals surface area contributed by atoms with Crippen molar-refractivity contribution in [3.05, 3.63) is 54.4 Å². The second-order valence-corrected chi connectivity index (χ2v) is 9.57. The van der Waals surface area contributed by atoms with Crippen molar-refractivity contribution >= 4 is 58.2 Å². The van der Waals surface area contributed by atoms with Gasteiger partial charge in [-0.2, -0.15) is 0 Å². The fourth-order valence-corrected chi connectivity index (χ4v) is 4.59. The van der Waals surface area contributed by atoms with Gasteiger partial charge in [0.05, 0.1) is 17.9 Å². The molecule has 0 unspecified atom stereocenters. The lowest BCUT2D eigenvalue weighted by atomic mass is 9.93. The minimum Gasteiger partial charge on any atom is -0.481 e. The van der Waals surface area contributed by atoms with Crippen molar-refractivity contribution in [2.24, 2.45) is 0 Å². The summed E-state index contributed by atoms with van der Waals surface area (Å²) >= 11 is 10.8. The van der Waals surface area contributed by atoms with Crippen LogP contribution in [-0.4, -0.2) is 59.6 Å². The number of amides is 4. The molecule has 0 bridgehead atoms. The number of anilines is 2. The fourth-order valence-electron chi connectivity index (χ4n) is 4.31. The van der Waals surface area contributed by atoms with E-state index in [0.29, 0.717) is 37.1 Å². The second-order valence-electron chi connectivity index (χ2n) is 8.48. The van der Waals surface area contributed by atoms with Crippen LogP contribution in [0.3, 0.4) is 0 Å². The first-order valence-electron chi connectivity index (χ1n) is 11.8. The summed E-state index contributed by atoms with van der Waals surface area (Å²) in [6.07, 6.45) is 11.2. The van der Waals surface area contributed by atoms with Crippen LogP contribution in [0, 0.1) is 18.2 Å². The predicted octanol–water partition coefficient (Wildman–Crippen LogP) is 3.92. The monoisotopic (exact) mass is 561 g/mol. The Hall–Kier alpha value is -3.61. The van der Waals surface area contributed by atoms with Gasteiger partial charge in [0.25, 0.3) is 23.6 Å². The minimum absolute atomic E-state index is 0.0170. The van der Waals surface area contributed by atoms with E-state index >= 15 is 0 Å². The molecule has 11 heteroatoms. The standard InChI is InChI=1S/C19H15FN2O4.C8H11Cl2NO/c1-2-7-21-15-9-14(13(20)8-16(15)26-10-17(21)23)22-18(24)11-5-3-4-6-12(11)19(22)25;1-3-5-11(6-4-2)8(12)7(9)10/h1,8-9H,3-7,10H2;3-4,7H,1-2,5-6H2. The molecule has 1 aromatic carbocycles. The van der Waals surface area contributed by atoms with Crippen molar-refractivity contribution < 1.29 is 28.3 Å². The molecule has 0 saturated heterocycles. The molecule has 1 aliphatic carbocycles. The zero-order valence-electron chi connectivity index (χ0n) is 20.6. The Balaban J connectivity index is 0.000000284. The van der Waals surface area contributed by atoms with Crippen LogP contribution in [0.1, 0.15) is 25.7 Å². The van der Waals surface area contributed by atoms with E-state index in [1.807, 2.05) is 0 Å². The molecule has 0 saturated carbocycles. The van der Waals surface area contributed by atoms with E-state index < -0.39 is 22.5 Å². The first-order chi connectivity index (χ1) is 18.2. The number of alkyl halides is 2. The first kappa shape index (κ1) is 29.0. The van der Waals surface area contributed by atoms with Gasteiger partial charge in [0.1, 0.15) is 5.75 Å². The number of nitrogens with zero attached hydrogens (tertiary/aromatic N) is 3. The average Bonchev–Trinajstić information content (AvgIpc) is 3.15. The van der Waals surface area contributed by atoms with Crippen molar-refractivity contribution in [2.75, 3.05) is 36.0 Å². The maximum Gasteiger partial charge on any atom is 0.265 e. The molecule has 0 N–H and O–H groups in total. The smallest absolute Gasteiger partial charge is 0.265 e. The summed E-state index contributed by atoms with van der Waals surface area (Å²) in [5.74, 6) is 0.0846. The van der Waals surface area contributed by atoms with E-state index in [2.05, 4.69) is 19.1 Å². The van der Waals surface area contributed by atoms with Crippen molar-refractivity contribution in [3.8, 4) is 18.1 Å². The molecule has 2 heterocycles. The summed E-state index contributed by atoms with van der Waals surface area (Å²) in [5, 5.41) is 0. The van der Waals surface area contributed by atoms with E-state index in [9.17, 15) is 23.6 Å². The Bertz CT molecular complexity index is 1220. The number of terminal acetylenes is 1. The molecule has 4 rings (SSSR count). The highest BCUT2D eigenvalue weighted by molar-refractivity contribution is 6.53. The summed E-state index contributed by atoms with van der Waals surface area (Å²) in [7, 11) is 0. The Morgan fingerprint density at radius 3 is 2.18 bits per heavy atom. The average molecular weight is 562 g/mol. The van der Waals surface area contributed by atoms with Crippen molar-refractivity contribution in [1.29, 1.82) is 0 Å². The van der Waals surface area contributed by atoms with Crippen LogP contribution in [0.5, 0.6) is 5.75 Å². The van der Waals surface area contributed by atoms with Crippen molar-refractivity contribution in [1.82, 2.24) is 4.90 Å². The van der Waals surface area contributed by atoms with Crippen LogP contribution >= 0.6 is 23.2 Å². The van der Waals surface area contributed by atoms with Gasteiger partial charge in [-0.15, -0.1) is 19.6 Å². The number of imide groups is 1. The summed E-state index contributed by atoms with van der Waals surface area (Å²) in [5.41, 5.74) is 0.992. The highest BCUT2D eigenvalue weighted by atomic mass is 35.5. The molecular formula is C27H26Cl2FN3O5. The summed E-state index contributed by atoms with van der Waals surface area (Å²) in [6.45, 7) is 7.62. The van der Waals surface area contributed by atoms with E-state index in [1.54, 1.807) is 12.2 Å². The molecule has 1 aromatic rings. The van der Waals surface area contributed by atoms with Gasteiger partial charge in [-0.1, -0.05) is 41.3 Å². The number of rotatable bonds is 7. The predicted molar refractivity (Wildman–Crippen MR) is 144 cm³/mol. The van der Waals surface area contributed by atoms with Gasteiger partial charge in [0.15, 0.2) is 17.3 Å². The van der Waals surface area contributed by atoms with Gasteiger partial charge in [0.2, 0.25) is 0 Å². The number of carbonyl (C=O) groups excluding carboxylic acids is 4. The lowest BCUT2D eigenvalue weighted by Crippen LogP contribution is -2.39. The zero-order chi connectivity index (χ0) is 28.0. The number of carbonyl (C=O) groups is 4. The molecule has 4 amide bonds. The molecule has 0 radical (unpaired) electrons. The van der Waals surface area contributed by atoms with Crippen LogP contribution in [0.15, 0.2) is 48.6 Å². The number of ether oxygens (including phenoxy) is 1. The van der Waals surface area contributed by atoms with Gasteiger partial charge < -0.3 is 9.64 Å². The summed E-state index contributed by atoms with van der Waals surface area (Å²) in [4.78, 5) is 51.2. The molecule has 0 spiro atoms. The number of hydrogen-bond acceptors (Lipinski definition) is 5. The largest absolute Gasteiger partial charge is 0.481 e. The lowest BCUT2D eigenvalue weighted by Gasteiger charge is -2.29. The summed E-state index contributed by atoms with van der Waals surface area (Å²) < 4.78 is 19.9. The van der Waals surface area contributed by atoms with Crippen molar-refractivity contribution in [2.45, 2.75) is 30.5 Å². The maximum absolute atomic E-state index is 14.7. The normalized spacial score (nSPS) is 16.2. The van der Waals surface area contributed by atoms with Gasteiger partial charge in [-0.25, -0.2) is 9.29 Å². The first-order valence-corrected chi connectivity index (χ1v) is 12.6. The van der Waals surface area contributed by atoms with Crippen LogP contribution in [0.2, 0.25) is 0 Å². The molecule has 0 fully saturated rings. The van der Waals surface area contributed by atoms with Crippen molar-refractivity contribution in [3.63, 3.8) is 0 Å². The van der Waals surface area contributed by atoms with Gasteiger partial charge in [-0.05, 0) is 31.7 Å². The Kier molecular flexibility index (Phi) is 9.72. The van der Waals surface area contributed by atoms with E-state index in [4.69, 9.17) is 34.4 Å². The minimum atomic E-state index is -1.01. The van der Waals surface area contributed by atoms with Crippen LogP contribution in [0.4, 0.5) is 15.8 Å². The molecule has 200 valence electrons. The SMILES string of the molecule is C#CCN1C(=O)COc2cc(F)c(N3C(=O)C4=C(CCCC4)C3=O)cc21.C=CCN(CC=C)C(=O)C(Cl)Cl.